The van der Waals surface area contributed by atoms with Gasteiger partial charge in [0.25, 0.3) is 0 Å². The molecule has 3 heterocycles. The van der Waals surface area contributed by atoms with Crippen LogP contribution in [0.3, 0.4) is 0 Å². The number of ether oxygens (including phenoxy) is 2. The molecule has 3 aromatic carbocycles. The second kappa shape index (κ2) is 20.8. The van der Waals surface area contributed by atoms with Crippen LogP contribution in [0.1, 0.15) is 70.1 Å². The first-order valence-electron chi connectivity index (χ1n) is 20.2. The third-order valence-corrected chi connectivity index (χ3v) is 15.3. The Morgan fingerprint density at radius 2 is 1.41 bits per heavy atom. The molecule has 8 atom stereocenters. The van der Waals surface area contributed by atoms with Gasteiger partial charge in [-0.05, 0) is 27.7 Å². The van der Waals surface area contributed by atoms with Crippen molar-refractivity contribution >= 4 is 47.7 Å². The zero-order valence-corrected chi connectivity index (χ0v) is 36.7. The third kappa shape index (κ3) is 11.2. The van der Waals surface area contributed by atoms with Crippen molar-refractivity contribution in [3.05, 3.63) is 108 Å². The van der Waals surface area contributed by atoms with Crippen molar-refractivity contribution in [2.45, 2.75) is 107 Å². The van der Waals surface area contributed by atoms with E-state index in [1.165, 1.54) is 0 Å². The van der Waals surface area contributed by atoms with Gasteiger partial charge < -0.3 is 4.52 Å². The van der Waals surface area contributed by atoms with Crippen molar-refractivity contribution in [1.29, 1.82) is 10.5 Å². The van der Waals surface area contributed by atoms with Gasteiger partial charge in [0, 0.05) is 12.1 Å². The second-order valence-electron chi connectivity index (χ2n) is 15.6. The Bertz CT molecular complexity index is 1810. The molecule has 11 nitrogen and oxygen atoms in total. The molecule has 0 aromatic heterocycles. The molecule has 6 rings (SSSR count). The van der Waals surface area contributed by atoms with Crippen molar-refractivity contribution in [2.24, 2.45) is 0 Å². The molecule has 2 unspecified atom stereocenters. The van der Waals surface area contributed by atoms with E-state index >= 15 is 0 Å². The zero-order chi connectivity index (χ0) is 41.2. The van der Waals surface area contributed by atoms with E-state index in [0.29, 0.717) is 6.42 Å². The quantitative estimate of drug-likeness (QED) is 0.0524. The van der Waals surface area contributed by atoms with Gasteiger partial charge in [0.05, 0.1) is 19.1 Å². The van der Waals surface area contributed by atoms with E-state index in [9.17, 15) is 5.26 Å². The fourth-order valence-corrected chi connectivity index (χ4v) is 12.0. The molecule has 0 amide bonds. The van der Waals surface area contributed by atoms with E-state index in [0.717, 1.165) is 23.1 Å². The van der Waals surface area contributed by atoms with E-state index < -0.39 is 26.2 Å². The van der Waals surface area contributed by atoms with Gasteiger partial charge in [-0.25, -0.2) is 4.67 Å². The minimum atomic E-state index is -3.21. The van der Waals surface area contributed by atoms with E-state index in [2.05, 4.69) is 141 Å². The molecule has 3 aliphatic rings. The van der Waals surface area contributed by atoms with Gasteiger partial charge in [0.1, 0.15) is 0 Å². The van der Waals surface area contributed by atoms with Gasteiger partial charge in [-0.1, -0.05) is 0 Å². The van der Waals surface area contributed by atoms with Gasteiger partial charge in [-0.3, -0.25) is 0 Å². The van der Waals surface area contributed by atoms with Crippen molar-refractivity contribution in [2.75, 3.05) is 26.4 Å². The van der Waals surface area contributed by atoms with Crippen LogP contribution in [0, 0.1) is 22.7 Å². The number of rotatable bonds is 22. The molecule has 1 spiro atoms. The fourth-order valence-electron chi connectivity index (χ4n) is 7.98. The van der Waals surface area contributed by atoms with Gasteiger partial charge in [-0.2, -0.15) is 5.26 Å². The number of hydrogen-bond donors (Lipinski definition) is 2. The van der Waals surface area contributed by atoms with E-state index in [4.69, 9.17) is 44.6 Å². The fraction of sp³-hybridized carbons (Fsp3) is 0.500. The van der Waals surface area contributed by atoms with Crippen molar-refractivity contribution in [3.63, 3.8) is 0 Å². The van der Waals surface area contributed by atoms with E-state index in [1.807, 2.05) is 26.0 Å². The summed E-state index contributed by atoms with van der Waals surface area (Å²) in [5.41, 5.74) is 2.16. The molecule has 3 aromatic rings. The number of hydrogen-bond acceptors (Lipinski definition) is 11. The molecule has 58 heavy (non-hydrogen) atoms. The Morgan fingerprint density at radius 1 is 0.862 bits per heavy atom. The monoisotopic (exact) mass is 841 g/mol. The second-order valence-corrected chi connectivity index (χ2v) is 20.2. The Hall–Kier alpha value is -2.64. The molecule has 3 aliphatic heterocycles. The topological polar surface area (TPSA) is 130 Å². The first-order chi connectivity index (χ1) is 28.0. The first-order valence-corrected chi connectivity index (χ1v) is 24.0. The number of nitrogens with zero attached hydrogens (tertiary/aromatic N) is 3. The van der Waals surface area contributed by atoms with Gasteiger partial charge in [0.2, 0.25) is 0 Å². The van der Waals surface area contributed by atoms with Crippen molar-refractivity contribution in [1.82, 2.24) is 15.1 Å². The van der Waals surface area contributed by atoms with Crippen LogP contribution in [0.4, 0.5) is 0 Å². The van der Waals surface area contributed by atoms with Gasteiger partial charge >= 0.3 is 281 Å². The summed E-state index contributed by atoms with van der Waals surface area (Å²) in [5, 5.41) is 26.3. The summed E-state index contributed by atoms with van der Waals surface area (Å²) < 4.78 is 41.0. The molecule has 0 saturated carbocycles. The van der Waals surface area contributed by atoms with Crippen LogP contribution in [0.2, 0.25) is 0 Å². The van der Waals surface area contributed by atoms with Crippen molar-refractivity contribution in [3.8, 4) is 12.1 Å². The van der Waals surface area contributed by atoms with Crippen LogP contribution in [0.5, 0.6) is 0 Å². The molecule has 2 N–H and O–H groups in total. The average Bonchev–Trinajstić information content (AvgIpc) is 3.76. The maximum atomic E-state index is 9.42. The van der Waals surface area contributed by atoms with E-state index in [-0.39, 0.29) is 81.6 Å². The molecule has 16 heteroatoms. The Labute approximate surface area is 352 Å². The standard InChI is InChI=1S/C42H55B2N5O6P2S/c1-31(2)49(32(3)4)56(50-24-14-22-45)51-28-38-36(26-40(43)54-38)48-57(58,52-25-15-23-46)53-29-39-37(27-41(55-39)30-44-41)47-42(33-16-8-5-9-17-33,34-18-10-6-11-19-34)35-20-12-7-13-21-35/h5-13,16-21,30-32,36-40,47H,14-15,24-29,43H2,1-4H3,(H,48,58)/t36-,37-,38-,39-,40-,41+,56?,57?/m1/s1. The van der Waals surface area contributed by atoms with E-state index in [1.54, 1.807) is 0 Å². The van der Waals surface area contributed by atoms with Gasteiger partial charge in [-0.15, -0.1) is 0 Å². The normalized spacial score (nSPS) is 25.4. The SMILES string of the molecule is B[C@H]1C[C@@H](NP(=S)(OCCC#N)OC[C@H]2O[C@@]3(B=C3)C[C@H]2NC(c2ccccc2)(c2ccccc2)c2ccccc2)[C@@H](COP(OCCC#N)N(C(C)C)C(C)C)O1. The molecule has 2 saturated heterocycles. The van der Waals surface area contributed by atoms with Crippen LogP contribution in [-0.2, 0) is 44.9 Å². The van der Waals surface area contributed by atoms with Crippen LogP contribution in [0.25, 0.3) is 0 Å². The molecule has 2 fully saturated rings. The summed E-state index contributed by atoms with van der Waals surface area (Å²) in [7, 11) is 0.564. The predicted molar refractivity (Wildman–Crippen MR) is 237 cm³/mol. The summed E-state index contributed by atoms with van der Waals surface area (Å²) >= 11 is 6.24. The molecular weight excluding hydrogens is 786 g/mol. The Balaban J connectivity index is 1.23. The molecular formula is C42H55B2N5O6P2S. The molecule has 306 valence electrons. The van der Waals surface area contributed by atoms with Crippen LogP contribution < -0.4 is 10.4 Å². The summed E-state index contributed by atoms with van der Waals surface area (Å²) in [4.78, 5) is 0. The average molecular weight is 842 g/mol. The molecule has 0 bridgehead atoms. The summed E-state index contributed by atoms with van der Waals surface area (Å²) in [6.07, 6.45) is 1.07. The predicted octanol–water partition coefficient (Wildman–Crippen LogP) is 6.11. The summed E-state index contributed by atoms with van der Waals surface area (Å²) in [6.45, 7) is 8.14. The molecule has 0 radical (unpaired) electrons. The maximum absolute atomic E-state index is 9.42. The summed E-state index contributed by atoms with van der Waals surface area (Å²) in [5.74, 6) is 2.11. The Kier molecular flexibility index (Phi) is 16.1. The number of nitriles is 2. The number of benzene rings is 3. The van der Waals surface area contributed by atoms with Crippen LogP contribution in [-0.4, -0.2) is 99.7 Å². The third-order valence-electron chi connectivity index (χ3n) is 10.6. The van der Waals surface area contributed by atoms with Gasteiger partial charge in [0.15, 0.2) is 0 Å². The van der Waals surface area contributed by atoms with Crippen molar-refractivity contribution < 1.29 is 27.6 Å². The molecule has 0 aliphatic carbocycles. The minimum absolute atomic E-state index is 0.0691. The zero-order valence-electron chi connectivity index (χ0n) is 34.1. The Morgan fingerprint density at radius 3 is 1.93 bits per heavy atom. The number of nitrogens with one attached hydrogen (secondary N) is 2. The summed E-state index contributed by atoms with van der Waals surface area (Å²) in [6, 6.07) is 35.8. The van der Waals surface area contributed by atoms with Crippen LogP contribution >= 0.6 is 15.2 Å². The first kappa shape index (κ1) is 44.9. The van der Waals surface area contributed by atoms with Crippen LogP contribution in [0.15, 0.2) is 91.0 Å².